The summed E-state index contributed by atoms with van der Waals surface area (Å²) in [5.74, 6) is -3.35. The molecule has 1 unspecified atom stereocenters. The highest BCUT2D eigenvalue weighted by Gasteiger charge is 2.50. The zero-order chi connectivity index (χ0) is 23.6. The fourth-order valence-corrected chi connectivity index (χ4v) is 5.34. The summed E-state index contributed by atoms with van der Waals surface area (Å²) in [6.07, 6.45) is 0. The highest BCUT2D eigenvalue weighted by molar-refractivity contribution is 7.89. The molecule has 0 aliphatic heterocycles. The van der Waals surface area contributed by atoms with Gasteiger partial charge in [-0.2, -0.15) is 4.72 Å². The molecule has 3 aromatic rings. The van der Waals surface area contributed by atoms with Gasteiger partial charge < -0.3 is 15.6 Å². The minimum absolute atomic E-state index is 0.172. The predicted octanol–water partition coefficient (Wildman–Crippen LogP) is 2.10. The molecule has 0 fully saturated rings. The van der Waals surface area contributed by atoms with E-state index in [1.807, 2.05) is 53.3 Å². The van der Waals surface area contributed by atoms with Crippen molar-refractivity contribution in [3.63, 3.8) is 0 Å². The van der Waals surface area contributed by atoms with Crippen molar-refractivity contribution in [2.45, 2.75) is 16.4 Å². The van der Waals surface area contributed by atoms with Gasteiger partial charge in [-0.25, -0.2) is 18.0 Å². The van der Waals surface area contributed by atoms with Crippen LogP contribution in [0.1, 0.15) is 17.0 Å². The first kappa shape index (κ1) is 22.7. The number of sulfonamides is 1. The molecule has 0 spiro atoms. The van der Waals surface area contributed by atoms with Crippen LogP contribution in [0.2, 0.25) is 0 Å². The lowest BCUT2D eigenvalue weighted by molar-refractivity contribution is -0.161. The van der Waals surface area contributed by atoms with Gasteiger partial charge in [-0.1, -0.05) is 66.7 Å². The van der Waals surface area contributed by atoms with E-state index in [4.69, 9.17) is 10.5 Å². The molecular formula is C24H22N2O6S. The van der Waals surface area contributed by atoms with Gasteiger partial charge in [0.15, 0.2) is 0 Å². The summed E-state index contributed by atoms with van der Waals surface area (Å²) < 4.78 is 32.9. The van der Waals surface area contributed by atoms with Gasteiger partial charge in [0.25, 0.3) is 0 Å². The third kappa shape index (κ3) is 4.02. The number of hydrogen-bond donors (Lipinski definition) is 3. The number of ether oxygens (including phenoxy) is 1. The number of carbonyl (C=O) groups is 2. The van der Waals surface area contributed by atoms with Crippen LogP contribution in [0.3, 0.4) is 0 Å². The van der Waals surface area contributed by atoms with Gasteiger partial charge in [0.1, 0.15) is 6.61 Å². The van der Waals surface area contributed by atoms with Crippen LogP contribution in [0.5, 0.6) is 0 Å². The van der Waals surface area contributed by atoms with Crippen molar-refractivity contribution in [2.24, 2.45) is 5.73 Å². The number of nitrogens with one attached hydrogen (secondary N) is 1. The average Bonchev–Trinajstić information content (AvgIpc) is 3.15. The lowest BCUT2D eigenvalue weighted by Crippen LogP contribution is -2.65. The quantitative estimate of drug-likeness (QED) is 0.342. The number of nitrogens with two attached hydrogens (primary N) is 1. The molecule has 0 bridgehead atoms. The Morgan fingerprint density at radius 2 is 1.42 bits per heavy atom. The smallest absolute Gasteiger partial charge is 0.340 e. The number of carboxylic acid groups (broad SMARTS) is 1. The van der Waals surface area contributed by atoms with Gasteiger partial charge in [-0.15, -0.1) is 0 Å². The number of aliphatic carboxylic acids is 1. The Hall–Kier alpha value is -3.53. The van der Waals surface area contributed by atoms with E-state index in [-0.39, 0.29) is 17.4 Å². The number of esters is 1. The zero-order valence-electron chi connectivity index (χ0n) is 17.5. The third-order valence-electron chi connectivity index (χ3n) is 5.73. The van der Waals surface area contributed by atoms with E-state index >= 15 is 0 Å². The molecule has 0 amide bonds. The van der Waals surface area contributed by atoms with Gasteiger partial charge in [-0.3, -0.25) is 0 Å². The number of hydrogen-bond acceptors (Lipinski definition) is 6. The second-order valence-corrected chi connectivity index (χ2v) is 9.34. The fraction of sp³-hybridized carbons (Fsp3) is 0.167. The summed E-state index contributed by atoms with van der Waals surface area (Å²) in [5.41, 5.74) is 6.82. The number of carbonyl (C=O) groups excluding carboxylic acids is 1. The molecule has 1 aliphatic rings. The van der Waals surface area contributed by atoms with Crippen molar-refractivity contribution >= 4 is 22.0 Å². The summed E-state index contributed by atoms with van der Waals surface area (Å²) >= 11 is 0. The SMILES string of the molecule is NCC(NS(=O)(=O)c1ccccc1)(C(=O)O)C(=O)OCC1c2ccccc2-c2ccccc21. The van der Waals surface area contributed by atoms with E-state index in [1.54, 1.807) is 6.07 Å². The highest BCUT2D eigenvalue weighted by atomic mass is 32.2. The third-order valence-corrected chi connectivity index (χ3v) is 7.24. The number of fused-ring (bicyclic) bond motifs is 3. The highest BCUT2D eigenvalue weighted by Crippen LogP contribution is 2.44. The van der Waals surface area contributed by atoms with E-state index in [1.165, 1.54) is 24.3 Å². The van der Waals surface area contributed by atoms with Crippen LogP contribution in [-0.2, 0) is 24.3 Å². The van der Waals surface area contributed by atoms with E-state index in [0.29, 0.717) is 0 Å². The van der Waals surface area contributed by atoms with Crippen LogP contribution in [0, 0.1) is 0 Å². The maximum atomic E-state index is 13.0. The normalized spacial score (nSPS) is 14.7. The fourth-order valence-electron chi connectivity index (χ4n) is 3.99. The van der Waals surface area contributed by atoms with Crippen LogP contribution in [0.25, 0.3) is 11.1 Å². The molecule has 1 aliphatic carbocycles. The van der Waals surface area contributed by atoms with E-state index < -0.39 is 34.0 Å². The van der Waals surface area contributed by atoms with Crippen LogP contribution in [0.4, 0.5) is 0 Å². The van der Waals surface area contributed by atoms with Crippen LogP contribution in [0.15, 0.2) is 83.8 Å². The number of rotatable bonds is 8. The second-order valence-electron chi connectivity index (χ2n) is 7.66. The minimum Gasteiger partial charge on any atom is -0.479 e. The zero-order valence-corrected chi connectivity index (χ0v) is 18.3. The first-order valence-corrected chi connectivity index (χ1v) is 11.7. The van der Waals surface area contributed by atoms with Gasteiger partial charge >= 0.3 is 11.9 Å². The molecule has 33 heavy (non-hydrogen) atoms. The topological polar surface area (TPSA) is 136 Å². The van der Waals surface area contributed by atoms with Gasteiger partial charge in [0.2, 0.25) is 15.6 Å². The minimum atomic E-state index is -4.37. The Morgan fingerprint density at radius 3 is 1.94 bits per heavy atom. The van der Waals surface area contributed by atoms with Crippen molar-refractivity contribution in [3.05, 3.63) is 90.0 Å². The summed E-state index contributed by atoms with van der Waals surface area (Å²) in [6, 6.07) is 22.4. The molecule has 4 N–H and O–H groups in total. The molecular weight excluding hydrogens is 444 g/mol. The van der Waals surface area contributed by atoms with Gasteiger partial charge in [0.05, 0.1) is 4.90 Å². The monoisotopic (exact) mass is 466 g/mol. The summed E-state index contributed by atoms with van der Waals surface area (Å²) in [7, 11) is -4.37. The lowest BCUT2D eigenvalue weighted by Gasteiger charge is -2.27. The average molecular weight is 467 g/mol. The Balaban J connectivity index is 1.61. The molecule has 3 aromatic carbocycles. The van der Waals surface area contributed by atoms with Crippen molar-refractivity contribution in [2.75, 3.05) is 13.2 Å². The molecule has 8 nitrogen and oxygen atoms in total. The number of benzene rings is 3. The lowest BCUT2D eigenvalue weighted by atomic mass is 9.97. The Kier molecular flexibility index (Phi) is 6.03. The second kappa shape index (κ2) is 8.78. The number of carboxylic acids is 1. The van der Waals surface area contributed by atoms with Crippen LogP contribution < -0.4 is 10.5 Å². The molecule has 0 radical (unpaired) electrons. The molecule has 4 rings (SSSR count). The van der Waals surface area contributed by atoms with E-state index in [2.05, 4.69) is 0 Å². The van der Waals surface area contributed by atoms with Crippen molar-refractivity contribution < 1.29 is 27.9 Å². The molecule has 170 valence electrons. The predicted molar refractivity (Wildman–Crippen MR) is 121 cm³/mol. The Labute approximate surface area is 191 Å². The van der Waals surface area contributed by atoms with E-state index in [0.717, 1.165) is 22.3 Å². The van der Waals surface area contributed by atoms with E-state index in [9.17, 15) is 23.1 Å². The van der Waals surface area contributed by atoms with Crippen LogP contribution in [-0.4, -0.2) is 44.2 Å². The van der Waals surface area contributed by atoms with Crippen molar-refractivity contribution in [1.29, 1.82) is 0 Å². The standard InChI is InChI=1S/C24H22N2O6S/c25-15-24(22(27)28,26-33(30,31)16-8-2-1-3-9-16)23(29)32-14-21-19-12-6-4-10-17(19)18-11-5-7-13-20(18)21/h1-13,21,26H,14-15,25H2,(H,27,28). The first-order chi connectivity index (χ1) is 15.8. The Morgan fingerprint density at radius 1 is 0.909 bits per heavy atom. The molecule has 1 atom stereocenters. The summed E-state index contributed by atoms with van der Waals surface area (Å²) in [6.45, 7) is -1.000. The molecule has 0 saturated carbocycles. The maximum Gasteiger partial charge on any atom is 0.340 e. The molecule has 0 saturated heterocycles. The summed E-state index contributed by atoms with van der Waals surface area (Å²) in [4.78, 5) is 24.9. The largest absolute Gasteiger partial charge is 0.479 e. The molecule has 9 heteroatoms. The molecule has 0 aromatic heterocycles. The van der Waals surface area contributed by atoms with Crippen molar-refractivity contribution in [3.8, 4) is 11.1 Å². The summed E-state index contributed by atoms with van der Waals surface area (Å²) in [5, 5.41) is 9.80. The molecule has 0 heterocycles. The van der Waals surface area contributed by atoms with Gasteiger partial charge in [-0.05, 0) is 34.4 Å². The van der Waals surface area contributed by atoms with Gasteiger partial charge in [0, 0.05) is 12.5 Å². The van der Waals surface area contributed by atoms with Crippen molar-refractivity contribution in [1.82, 2.24) is 4.72 Å². The maximum absolute atomic E-state index is 13.0. The first-order valence-electron chi connectivity index (χ1n) is 10.2. The Bertz CT molecular complexity index is 1260. The van der Waals surface area contributed by atoms with Crippen LogP contribution >= 0.6 is 0 Å².